The van der Waals surface area contributed by atoms with Crippen molar-refractivity contribution >= 4 is 45.7 Å². The Balaban J connectivity index is 1.45. The Hall–Kier alpha value is -5.57. The zero-order valence-electron chi connectivity index (χ0n) is 25.6. The average Bonchev–Trinajstić information content (AvgIpc) is 3.32. The molecule has 0 radical (unpaired) electrons. The molecular weight excluding hydrogens is 632 g/mol. The molecule has 0 aliphatic carbocycles. The Morgan fingerprint density at radius 2 is 1.77 bits per heavy atom. The molecule has 14 nitrogen and oxygen atoms in total. The van der Waals surface area contributed by atoms with E-state index in [1.807, 2.05) is 35.1 Å². The van der Waals surface area contributed by atoms with E-state index in [0.29, 0.717) is 18.4 Å². The molecule has 4 rings (SSSR count). The van der Waals surface area contributed by atoms with Crippen LogP contribution in [0.2, 0.25) is 0 Å². The third-order valence-corrected chi connectivity index (χ3v) is 8.08. The lowest BCUT2D eigenvalue weighted by molar-refractivity contribution is -0.122. The second-order valence-electron chi connectivity index (χ2n) is 10.2. The molecule has 0 atom stereocenters. The first-order valence-corrected chi connectivity index (χ1v) is 15.9. The van der Waals surface area contributed by atoms with Crippen LogP contribution in [0.1, 0.15) is 41.3 Å². The minimum atomic E-state index is -4.13. The van der Waals surface area contributed by atoms with Crippen molar-refractivity contribution in [2.75, 3.05) is 31.1 Å². The number of carbonyl (C=O) groups excluding carboxylic acids is 4. The standard InChI is InChI=1S/C32H34N4O10S/c1-21(37)34-24(31(40)33-15-6-7-16-45-27-12-8-11-26(38)30(27)32(41)44-2)17-23-13-14-25(36-19-29(39)35-47(36,42)43)28(18-23)46-20-22-9-4-3-5-10-22/h3-5,8-14,17-18,38H,6-7,15-16,19-20H2,1-2H3,(H,33,40)(H,34,37)(H,35,39)/b24-17+. The van der Waals surface area contributed by atoms with Crippen LogP contribution in [0.4, 0.5) is 5.69 Å². The second kappa shape index (κ2) is 15.6. The number of rotatable bonds is 14. The van der Waals surface area contributed by atoms with E-state index in [-0.39, 0.29) is 54.0 Å². The molecule has 0 unspecified atom stereocenters. The number of methoxy groups -OCH3 is 1. The molecule has 47 heavy (non-hydrogen) atoms. The topological polar surface area (TPSA) is 190 Å². The van der Waals surface area contributed by atoms with Crippen molar-refractivity contribution in [2.24, 2.45) is 0 Å². The molecule has 4 N–H and O–H groups in total. The molecule has 1 aliphatic heterocycles. The quantitative estimate of drug-likeness (QED) is 0.113. The van der Waals surface area contributed by atoms with Gasteiger partial charge in [-0.25, -0.2) is 13.8 Å². The smallest absolute Gasteiger partial charge is 0.345 e. The minimum absolute atomic E-state index is 0.0661. The van der Waals surface area contributed by atoms with Crippen LogP contribution in [0.3, 0.4) is 0 Å². The lowest BCUT2D eigenvalue weighted by Crippen LogP contribution is -2.34. The molecule has 3 aromatic rings. The zero-order chi connectivity index (χ0) is 34.0. The molecule has 0 aromatic heterocycles. The second-order valence-corrected chi connectivity index (χ2v) is 11.8. The Morgan fingerprint density at radius 1 is 1.00 bits per heavy atom. The number of benzene rings is 3. The summed E-state index contributed by atoms with van der Waals surface area (Å²) in [7, 11) is -2.93. The SMILES string of the molecule is COC(=O)c1c(O)cccc1OCCCCNC(=O)/C(=C\c1ccc(N2CC(=O)NS2(=O)=O)c(OCc2ccccc2)c1)NC(C)=O. The predicted molar refractivity (Wildman–Crippen MR) is 171 cm³/mol. The first-order chi connectivity index (χ1) is 22.5. The summed E-state index contributed by atoms with van der Waals surface area (Å²) in [5, 5.41) is 15.2. The number of phenolic OH excluding ortho intramolecular Hbond substituents is 1. The molecule has 0 spiro atoms. The number of hydrogen-bond donors (Lipinski definition) is 4. The number of phenols is 1. The van der Waals surface area contributed by atoms with Crippen LogP contribution >= 0.6 is 0 Å². The average molecular weight is 667 g/mol. The van der Waals surface area contributed by atoms with E-state index in [2.05, 4.69) is 15.4 Å². The van der Waals surface area contributed by atoms with E-state index in [0.717, 1.165) is 9.87 Å². The fourth-order valence-electron chi connectivity index (χ4n) is 4.51. The van der Waals surface area contributed by atoms with Gasteiger partial charge in [-0.2, -0.15) is 8.42 Å². The molecule has 3 amide bonds. The van der Waals surface area contributed by atoms with Gasteiger partial charge in [-0.05, 0) is 54.3 Å². The number of carbonyl (C=O) groups is 4. The van der Waals surface area contributed by atoms with Gasteiger partial charge in [-0.3, -0.25) is 14.4 Å². The summed E-state index contributed by atoms with van der Waals surface area (Å²) < 4.78 is 44.3. The maximum Gasteiger partial charge on any atom is 0.345 e. The van der Waals surface area contributed by atoms with E-state index in [1.165, 1.54) is 56.5 Å². The van der Waals surface area contributed by atoms with Gasteiger partial charge in [0.15, 0.2) is 0 Å². The predicted octanol–water partition coefficient (Wildman–Crippen LogP) is 2.39. The summed E-state index contributed by atoms with van der Waals surface area (Å²) in [4.78, 5) is 48.9. The van der Waals surface area contributed by atoms with Gasteiger partial charge in [0.1, 0.15) is 41.7 Å². The number of ether oxygens (including phenoxy) is 3. The molecular formula is C32H34N4O10S. The summed E-state index contributed by atoms with van der Waals surface area (Å²) >= 11 is 0. The Morgan fingerprint density at radius 3 is 2.45 bits per heavy atom. The van der Waals surface area contributed by atoms with Gasteiger partial charge in [0.05, 0.1) is 19.4 Å². The van der Waals surface area contributed by atoms with Crippen LogP contribution in [0.5, 0.6) is 17.2 Å². The zero-order valence-corrected chi connectivity index (χ0v) is 26.5. The number of amides is 3. The van der Waals surface area contributed by atoms with Crippen molar-refractivity contribution in [2.45, 2.75) is 26.4 Å². The lowest BCUT2D eigenvalue weighted by atomic mass is 10.1. The summed E-state index contributed by atoms with van der Waals surface area (Å²) in [6, 6.07) is 18.1. The third kappa shape index (κ3) is 9.23. The highest BCUT2D eigenvalue weighted by molar-refractivity contribution is 7.92. The van der Waals surface area contributed by atoms with Crippen LogP contribution in [0, 0.1) is 0 Å². The Bertz CT molecular complexity index is 1780. The van der Waals surface area contributed by atoms with Crippen molar-refractivity contribution in [3.63, 3.8) is 0 Å². The van der Waals surface area contributed by atoms with Crippen molar-refractivity contribution in [1.29, 1.82) is 0 Å². The normalized spacial score (nSPS) is 13.8. The Labute approximate surface area is 271 Å². The van der Waals surface area contributed by atoms with Gasteiger partial charge in [-0.15, -0.1) is 0 Å². The number of nitrogens with zero attached hydrogens (tertiary/aromatic N) is 1. The van der Waals surface area contributed by atoms with Crippen LogP contribution in [0.15, 0.2) is 72.4 Å². The highest BCUT2D eigenvalue weighted by atomic mass is 32.2. The molecule has 0 saturated carbocycles. The summed E-state index contributed by atoms with van der Waals surface area (Å²) in [6.45, 7) is 1.32. The summed E-state index contributed by atoms with van der Waals surface area (Å²) in [6.07, 6.45) is 2.38. The molecule has 15 heteroatoms. The molecule has 1 saturated heterocycles. The number of nitrogens with one attached hydrogen (secondary N) is 3. The number of esters is 1. The summed E-state index contributed by atoms with van der Waals surface area (Å²) in [5.41, 5.74) is 1.19. The molecule has 1 aliphatic rings. The highest BCUT2D eigenvalue weighted by Gasteiger charge is 2.35. The van der Waals surface area contributed by atoms with Crippen LogP contribution in [0.25, 0.3) is 6.08 Å². The third-order valence-electron chi connectivity index (χ3n) is 6.68. The number of unbranched alkanes of at least 4 members (excludes halogenated alkanes) is 1. The number of hydrogen-bond acceptors (Lipinski definition) is 10. The molecule has 3 aromatic carbocycles. The largest absolute Gasteiger partial charge is 0.507 e. The minimum Gasteiger partial charge on any atom is -0.507 e. The lowest BCUT2D eigenvalue weighted by Gasteiger charge is -2.20. The fraction of sp³-hybridized carbons (Fsp3) is 0.250. The van der Waals surface area contributed by atoms with Crippen LogP contribution < -0.4 is 29.1 Å². The Kier molecular flexibility index (Phi) is 11.4. The van der Waals surface area contributed by atoms with Crippen molar-refractivity contribution in [3.8, 4) is 17.2 Å². The molecule has 248 valence electrons. The van der Waals surface area contributed by atoms with Gasteiger partial charge < -0.3 is 30.0 Å². The van der Waals surface area contributed by atoms with E-state index >= 15 is 0 Å². The molecule has 1 fully saturated rings. The van der Waals surface area contributed by atoms with Gasteiger partial charge in [-0.1, -0.05) is 42.5 Å². The molecule has 1 heterocycles. The number of anilines is 1. The van der Waals surface area contributed by atoms with Crippen LogP contribution in [-0.2, 0) is 35.9 Å². The van der Waals surface area contributed by atoms with Crippen molar-refractivity contribution in [1.82, 2.24) is 15.4 Å². The molecule has 0 bridgehead atoms. The maximum atomic E-state index is 13.1. The monoisotopic (exact) mass is 666 g/mol. The fourth-order valence-corrected chi connectivity index (χ4v) is 5.67. The summed E-state index contributed by atoms with van der Waals surface area (Å²) in [5.74, 6) is -2.46. The maximum absolute atomic E-state index is 13.1. The van der Waals surface area contributed by atoms with E-state index in [1.54, 1.807) is 0 Å². The van der Waals surface area contributed by atoms with Gasteiger partial charge in [0.25, 0.3) is 11.8 Å². The van der Waals surface area contributed by atoms with Gasteiger partial charge >= 0.3 is 16.2 Å². The highest BCUT2D eigenvalue weighted by Crippen LogP contribution is 2.34. The van der Waals surface area contributed by atoms with Crippen LogP contribution in [-0.4, -0.2) is 64.0 Å². The van der Waals surface area contributed by atoms with E-state index < -0.39 is 40.4 Å². The first kappa shape index (κ1) is 34.3. The van der Waals surface area contributed by atoms with Gasteiger partial charge in [0, 0.05) is 13.5 Å². The van der Waals surface area contributed by atoms with E-state index in [9.17, 15) is 32.7 Å². The van der Waals surface area contributed by atoms with Gasteiger partial charge in [0.2, 0.25) is 5.91 Å². The van der Waals surface area contributed by atoms with Crippen molar-refractivity contribution < 1.29 is 46.9 Å². The van der Waals surface area contributed by atoms with E-state index in [4.69, 9.17) is 9.47 Å². The van der Waals surface area contributed by atoms with Crippen molar-refractivity contribution in [3.05, 3.63) is 89.1 Å². The first-order valence-electron chi connectivity index (χ1n) is 14.4. The number of aromatic hydroxyl groups is 1.